The molecule has 7 heteroatoms. The van der Waals surface area contributed by atoms with Crippen molar-refractivity contribution >= 4 is 18.4 Å². The van der Waals surface area contributed by atoms with Crippen LogP contribution in [0.4, 0.5) is 0 Å². The molecule has 1 rings (SSSR count). The number of tetrazole rings is 1. The van der Waals surface area contributed by atoms with Crippen LogP contribution in [0.3, 0.4) is 0 Å². The maximum absolute atomic E-state index is 10.1. The van der Waals surface area contributed by atoms with E-state index >= 15 is 0 Å². The van der Waals surface area contributed by atoms with Gasteiger partial charge >= 0.3 is 5.97 Å². The third-order valence-electron chi connectivity index (χ3n) is 1.17. The fraction of sp³-hybridized carbons (Fsp3) is 0.600. The van der Waals surface area contributed by atoms with Crippen LogP contribution in [0.1, 0.15) is 12.8 Å². The molecule has 6 nitrogen and oxygen atoms in total. The van der Waals surface area contributed by atoms with Gasteiger partial charge in [-0.25, -0.2) is 4.68 Å². The van der Waals surface area contributed by atoms with Crippen LogP contribution in [0.2, 0.25) is 0 Å². The van der Waals surface area contributed by atoms with Gasteiger partial charge in [-0.2, -0.15) is 0 Å². The van der Waals surface area contributed by atoms with Gasteiger partial charge in [-0.15, -0.1) is 17.5 Å². The van der Waals surface area contributed by atoms with Gasteiger partial charge in [0.15, 0.2) is 0 Å². The summed E-state index contributed by atoms with van der Waals surface area (Å²) in [6.07, 6.45) is 2.17. The number of halogens is 1. The zero-order valence-electron chi connectivity index (χ0n) is 6.25. The summed E-state index contributed by atoms with van der Waals surface area (Å²) in [6.45, 7) is 0.555. The molecular formula is C5H9ClN4O2. The van der Waals surface area contributed by atoms with Gasteiger partial charge in [0, 0.05) is 13.0 Å². The summed E-state index contributed by atoms with van der Waals surface area (Å²) in [7, 11) is 0. The van der Waals surface area contributed by atoms with E-state index in [2.05, 4.69) is 15.5 Å². The maximum atomic E-state index is 10.1. The number of aliphatic carboxylic acids is 1. The number of carbonyl (C=O) groups is 1. The van der Waals surface area contributed by atoms with Gasteiger partial charge < -0.3 is 5.11 Å². The lowest BCUT2D eigenvalue weighted by molar-refractivity contribution is -0.137. The lowest BCUT2D eigenvalue weighted by Crippen LogP contribution is -2.02. The topological polar surface area (TPSA) is 80.9 Å². The van der Waals surface area contributed by atoms with E-state index in [9.17, 15) is 4.79 Å². The molecule has 0 aliphatic carbocycles. The van der Waals surface area contributed by atoms with E-state index in [4.69, 9.17) is 5.11 Å². The SMILES string of the molecule is Cl.O=C(O)CCCn1cnnn1. The quantitative estimate of drug-likeness (QED) is 0.724. The monoisotopic (exact) mass is 192 g/mol. The molecule has 1 heterocycles. The highest BCUT2D eigenvalue weighted by atomic mass is 35.5. The number of hydrogen-bond acceptors (Lipinski definition) is 4. The van der Waals surface area contributed by atoms with Gasteiger partial charge in [0.1, 0.15) is 6.33 Å². The number of rotatable bonds is 4. The molecule has 1 N–H and O–H groups in total. The highest BCUT2D eigenvalue weighted by molar-refractivity contribution is 5.85. The van der Waals surface area contributed by atoms with Gasteiger partial charge in [0.2, 0.25) is 0 Å². The highest BCUT2D eigenvalue weighted by Crippen LogP contribution is 1.91. The molecule has 1 aromatic rings. The van der Waals surface area contributed by atoms with E-state index in [1.54, 1.807) is 0 Å². The predicted molar refractivity (Wildman–Crippen MR) is 41.9 cm³/mol. The molecule has 0 aromatic carbocycles. The Morgan fingerprint density at radius 2 is 2.33 bits per heavy atom. The van der Waals surface area contributed by atoms with Crippen molar-refractivity contribution in [2.45, 2.75) is 19.4 Å². The van der Waals surface area contributed by atoms with Gasteiger partial charge in [-0.3, -0.25) is 4.79 Å². The van der Waals surface area contributed by atoms with Crippen molar-refractivity contribution in [1.29, 1.82) is 0 Å². The summed E-state index contributed by atoms with van der Waals surface area (Å²) < 4.78 is 1.50. The fourth-order valence-corrected chi connectivity index (χ4v) is 0.675. The second-order valence-corrected chi connectivity index (χ2v) is 2.07. The zero-order chi connectivity index (χ0) is 8.10. The predicted octanol–water partition coefficient (Wildman–Crippen LogP) is -0.0403. The smallest absolute Gasteiger partial charge is 0.303 e. The van der Waals surface area contributed by atoms with Crippen LogP contribution in [-0.4, -0.2) is 31.3 Å². The molecule has 0 spiro atoms. The summed E-state index contributed by atoms with van der Waals surface area (Å²) in [5.41, 5.74) is 0. The summed E-state index contributed by atoms with van der Waals surface area (Å²) >= 11 is 0. The first-order valence-electron chi connectivity index (χ1n) is 3.21. The van der Waals surface area contributed by atoms with Crippen LogP contribution in [0.5, 0.6) is 0 Å². The molecule has 0 fully saturated rings. The van der Waals surface area contributed by atoms with E-state index < -0.39 is 5.97 Å². The van der Waals surface area contributed by atoms with Crippen molar-refractivity contribution in [2.24, 2.45) is 0 Å². The number of hydrogen-bond donors (Lipinski definition) is 1. The summed E-state index contributed by atoms with van der Waals surface area (Å²) in [6, 6.07) is 0. The van der Waals surface area contributed by atoms with E-state index in [0.717, 1.165) is 0 Å². The molecule has 12 heavy (non-hydrogen) atoms. The minimum absolute atomic E-state index is 0. The Balaban J connectivity index is 0.00000121. The van der Waals surface area contributed by atoms with Crippen LogP contribution >= 0.6 is 12.4 Å². The molecule has 1 aromatic heterocycles. The minimum atomic E-state index is -0.793. The first kappa shape index (κ1) is 10.8. The Morgan fingerprint density at radius 1 is 1.58 bits per heavy atom. The lowest BCUT2D eigenvalue weighted by atomic mass is 10.3. The molecule has 0 atom stereocenters. The van der Waals surface area contributed by atoms with Gasteiger partial charge in [0.25, 0.3) is 0 Å². The van der Waals surface area contributed by atoms with Gasteiger partial charge in [-0.1, -0.05) is 0 Å². The largest absolute Gasteiger partial charge is 0.481 e. The second-order valence-electron chi connectivity index (χ2n) is 2.07. The average molecular weight is 193 g/mol. The summed E-state index contributed by atoms with van der Waals surface area (Å²) in [4.78, 5) is 10.1. The second kappa shape index (κ2) is 5.48. The number of carboxylic acids is 1. The number of carboxylic acid groups (broad SMARTS) is 1. The highest BCUT2D eigenvalue weighted by Gasteiger charge is 1.97. The number of nitrogens with zero attached hydrogens (tertiary/aromatic N) is 4. The van der Waals surface area contributed by atoms with Crippen molar-refractivity contribution in [2.75, 3.05) is 0 Å². The van der Waals surface area contributed by atoms with Gasteiger partial charge in [-0.05, 0) is 16.8 Å². The Morgan fingerprint density at radius 3 is 2.83 bits per heavy atom. The van der Waals surface area contributed by atoms with Crippen LogP contribution in [0.25, 0.3) is 0 Å². The molecule has 0 radical (unpaired) electrons. The lowest BCUT2D eigenvalue weighted by Gasteiger charge is -1.94. The van der Waals surface area contributed by atoms with E-state index in [0.29, 0.717) is 13.0 Å². The molecule has 68 valence electrons. The molecule has 0 bridgehead atoms. The average Bonchev–Trinajstić information content (AvgIpc) is 2.39. The summed E-state index contributed by atoms with van der Waals surface area (Å²) in [5, 5.41) is 18.7. The zero-order valence-corrected chi connectivity index (χ0v) is 7.07. The molecule has 0 aliphatic rings. The number of aryl methyl sites for hydroxylation is 1. The maximum Gasteiger partial charge on any atom is 0.303 e. The first-order chi connectivity index (χ1) is 5.29. The van der Waals surface area contributed by atoms with Crippen LogP contribution in [0.15, 0.2) is 6.33 Å². The standard InChI is InChI=1S/C5H8N4O2.ClH/c10-5(11)2-1-3-9-4-6-7-8-9;/h4H,1-3H2,(H,10,11);1H. The van der Waals surface area contributed by atoms with Crippen molar-refractivity contribution < 1.29 is 9.90 Å². The summed E-state index contributed by atoms with van der Waals surface area (Å²) in [5.74, 6) is -0.793. The fourth-order valence-electron chi connectivity index (χ4n) is 0.675. The Kier molecular flexibility index (Phi) is 4.94. The van der Waals surface area contributed by atoms with Crippen LogP contribution < -0.4 is 0 Å². The van der Waals surface area contributed by atoms with E-state index in [1.165, 1.54) is 11.0 Å². The van der Waals surface area contributed by atoms with Crippen LogP contribution in [-0.2, 0) is 11.3 Å². The molecule has 0 amide bonds. The van der Waals surface area contributed by atoms with Crippen molar-refractivity contribution in [1.82, 2.24) is 20.2 Å². The van der Waals surface area contributed by atoms with Crippen molar-refractivity contribution in [3.05, 3.63) is 6.33 Å². The van der Waals surface area contributed by atoms with Crippen molar-refractivity contribution in [3.63, 3.8) is 0 Å². The molecule has 0 aliphatic heterocycles. The molecule has 0 saturated carbocycles. The Bertz CT molecular complexity index is 225. The van der Waals surface area contributed by atoms with E-state index in [-0.39, 0.29) is 18.8 Å². The molecule has 0 unspecified atom stereocenters. The normalized spacial score (nSPS) is 9.00. The number of aromatic nitrogens is 4. The third kappa shape index (κ3) is 3.87. The van der Waals surface area contributed by atoms with E-state index in [1.807, 2.05) is 0 Å². The molecule has 0 saturated heterocycles. The van der Waals surface area contributed by atoms with Crippen LogP contribution in [0, 0.1) is 0 Å². The first-order valence-corrected chi connectivity index (χ1v) is 3.21. The van der Waals surface area contributed by atoms with Gasteiger partial charge in [0.05, 0.1) is 0 Å². The Labute approximate surface area is 75.0 Å². The Hall–Kier alpha value is -1.17. The third-order valence-corrected chi connectivity index (χ3v) is 1.17. The minimum Gasteiger partial charge on any atom is -0.481 e. The van der Waals surface area contributed by atoms with Crippen molar-refractivity contribution in [3.8, 4) is 0 Å². The molecular weight excluding hydrogens is 184 g/mol.